The van der Waals surface area contributed by atoms with Crippen molar-refractivity contribution in [2.24, 2.45) is 5.73 Å². The maximum absolute atomic E-state index is 8.38. The summed E-state index contributed by atoms with van der Waals surface area (Å²) in [6, 6.07) is 0. The standard InChI is InChI=1S/C5H14BNO2/c7-5-3-1-2-4-6(8)9/h8-9H,1-5,7H2. The second-order valence-electron chi connectivity index (χ2n) is 2.12. The van der Waals surface area contributed by atoms with Gasteiger partial charge in [0.1, 0.15) is 0 Å². The Bertz CT molecular complexity index is 60.9. The molecule has 0 aliphatic rings. The van der Waals surface area contributed by atoms with Gasteiger partial charge in [0.2, 0.25) is 0 Å². The van der Waals surface area contributed by atoms with Crippen LogP contribution in [-0.4, -0.2) is 23.7 Å². The summed E-state index contributed by atoms with van der Waals surface area (Å²) in [6.07, 6.45) is 3.30. The molecule has 0 saturated carbocycles. The molecule has 0 aromatic carbocycles. The van der Waals surface area contributed by atoms with E-state index in [0.29, 0.717) is 12.9 Å². The molecule has 0 saturated heterocycles. The third-order valence-corrected chi connectivity index (χ3v) is 1.17. The van der Waals surface area contributed by atoms with Gasteiger partial charge in [-0.2, -0.15) is 0 Å². The van der Waals surface area contributed by atoms with E-state index in [4.69, 9.17) is 15.8 Å². The molecule has 0 aromatic heterocycles. The van der Waals surface area contributed by atoms with Crippen LogP contribution in [0.1, 0.15) is 19.3 Å². The largest absolute Gasteiger partial charge is 0.451 e. The zero-order chi connectivity index (χ0) is 7.11. The molecule has 0 spiro atoms. The highest BCUT2D eigenvalue weighted by molar-refractivity contribution is 6.40. The molecule has 0 aliphatic carbocycles. The lowest BCUT2D eigenvalue weighted by atomic mass is 9.83. The molecule has 9 heavy (non-hydrogen) atoms. The van der Waals surface area contributed by atoms with Gasteiger partial charge in [-0.3, -0.25) is 0 Å². The van der Waals surface area contributed by atoms with Crippen molar-refractivity contribution in [3.63, 3.8) is 0 Å². The maximum Gasteiger partial charge on any atom is 0.451 e. The summed E-state index contributed by atoms with van der Waals surface area (Å²) in [4.78, 5) is 0. The van der Waals surface area contributed by atoms with E-state index in [-0.39, 0.29) is 0 Å². The third kappa shape index (κ3) is 7.94. The molecule has 0 aliphatic heterocycles. The third-order valence-electron chi connectivity index (χ3n) is 1.17. The van der Waals surface area contributed by atoms with E-state index in [1.54, 1.807) is 0 Å². The van der Waals surface area contributed by atoms with Crippen molar-refractivity contribution in [3.05, 3.63) is 0 Å². The zero-order valence-corrected chi connectivity index (χ0v) is 5.58. The second-order valence-corrected chi connectivity index (χ2v) is 2.12. The number of rotatable bonds is 5. The molecule has 0 unspecified atom stereocenters. The molecule has 0 aromatic rings. The summed E-state index contributed by atoms with van der Waals surface area (Å²) in [5.74, 6) is 0. The fraction of sp³-hybridized carbons (Fsp3) is 1.00. The van der Waals surface area contributed by atoms with Gasteiger partial charge in [-0.05, 0) is 19.3 Å². The fourth-order valence-corrected chi connectivity index (χ4v) is 0.648. The lowest BCUT2D eigenvalue weighted by molar-refractivity contribution is 0.402. The first-order chi connectivity index (χ1) is 4.27. The number of hydrogen-bond acceptors (Lipinski definition) is 3. The Morgan fingerprint density at radius 3 is 2.22 bits per heavy atom. The minimum absolute atomic E-state index is 0.472. The molecule has 54 valence electrons. The van der Waals surface area contributed by atoms with Gasteiger partial charge in [0.05, 0.1) is 0 Å². The quantitative estimate of drug-likeness (QED) is 0.351. The van der Waals surface area contributed by atoms with E-state index in [2.05, 4.69) is 0 Å². The SMILES string of the molecule is NCCCCCB(O)O. The van der Waals surface area contributed by atoms with Crippen molar-refractivity contribution in [2.45, 2.75) is 25.6 Å². The van der Waals surface area contributed by atoms with Crippen LogP contribution in [0.2, 0.25) is 6.32 Å². The molecule has 0 atom stereocenters. The summed E-state index contributed by atoms with van der Waals surface area (Å²) in [6.45, 7) is 0.696. The molecule has 0 amide bonds. The zero-order valence-electron chi connectivity index (χ0n) is 5.58. The van der Waals surface area contributed by atoms with Crippen molar-refractivity contribution in [3.8, 4) is 0 Å². The summed E-state index contributed by atoms with van der Waals surface area (Å²) in [5, 5.41) is 16.8. The van der Waals surface area contributed by atoms with Crippen molar-refractivity contribution in [1.29, 1.82) is 0 Å². The first-order valence-corrected chi connectivity index (χ1v) is 3.33. The minimum Gasteiger partial charge on any atom is -0.427 e. The summed E-state index contributed by atoms with van der Waals surface area (Å²) in [5.41, 5.74) is 5.22. The lowest BCUT2D eigenvalue weighted by Crippen LogP contribution is -2.09. The van der Waals surface area contributed by atoms with Crippen LogP contribution in [-0.2, 0) is 0 Å². The molecule has 0 radical (unpaired) electrons. The van der Waals surface area contributed by atoms with E-state index in [0.717, 1.165) is 19.3 Å². The van der Waals surface area contributed by atoms with E-state index in [1.165, 1.54) is 0 Å². The average Bonchev–Trinajstić information content (AvgIpc) is 1.80. The molecule has 0 rings (SSSR count). The molecule has 4 N–H and O–H groups in total. The smallest absolute Gasteiger partial charge is 0.427 e. The predicted octanol–water partition coefficient (Wildman–Crippen LogP) is -0.412. The van der Waals surface area contributed by atoms with Gasteiger partial charge in [0.25, 0.3) is 0 Å². The van der Waals surface area contributed by atoms with Crippen LogP contribution in [0.25, 0.3) is 0 Å². The van der Waals surface area contributed by atoms with Crippen molar-refractivity contribution < 1.29 is 10.0 Å². The van der Waals surface area contributed by atoms with E-state index < -0.39 is 7.12 Å². The van der Waals surface area contributed by atoms with E-state index in [1.807, 2.05) is 0 Å². The summed E-state index contributed by atoms with van der Waals surface area (Å²) >= 11 is 0. The predicted molar refractivity (Wildman–Crippen MR) is 37.9 cm³/mol. The van der Waals surface area contributed by atoms with Crippen LogP contribution in [0, 0.1) is 0 Å². The molecule has 0 heterocycles. The van der Waals surface area contributed by atoms with Gasteiger partial charge in [-0.15, -0.1) is 0 Å². The van der Waals surface area contributed by atoms with Crippen LogP contribution in [0.15, 0.2) is 0 Å². The first kappa shape index (κ1) is 8.94. The molecule has 4 heteroatoms. The van der Waals surface area contributed by atoms with Crippen molar-refractivity contribution in [1.82, 2.24) is 0 Å². The van der Waals surface area contributed by atoms with E-state index in [9.17, 15) is 0 Å². The van der Waals surface area contributed by atoms with Crippen LogP contribution >= 0.6 is 0 Å². The lowest BCUT2D eigenvalue weighted by Gasteiger charge is -1.96. The Morgan fingerprint density at radius 1 is 1.11 bits per heavy atom. The highest BCUT2D eigenvalue weighted by Crippen LogP contribution is 1.99. The van der Waals surface area contributed by atoms with Gasteiger partial charge < -0.3 is 15.8 Å². The molecule has 0 fully saturated rings. The Balaban J connectivity index is 2.75. The van der Waals surface area contributed by atoms with Crippen LogP contribution in [0.4, 0.5) is 0 Å². The Labute approximate surface area is 56.0 Å². The minimum atomic E-state index is -1.14. The van der Waals surface area contributed by atoms with E-state index >= 15 is 0 Å². The number of nitrogens with two attached hydrogens (primary N) is 1. The van der Waals surface area contributed by atoms with Crippen LogP contribution in [0.3, 0.4) is 0 Å². The van der Waals surface area contributed by atoms with Gasteiger partial charge >= 0.3 is 7.12 Å². The first-order valence-electron chi connectivity index (χ1n) is 3.33. The topological polar surface area (TPSA) is 66.5 Å². The van der Waals surface area contributed by atoms with Crippen LogP contribution < -0.4 is 5.73 Å². The van der Waals surface area contributed by atoms with Crippen LogP contribution in [0.5, 0.6) is 0 Å². The Kier molecular flexibility index (Phi) is 6.03. The Morgan fingerprint density at radius 2 is 1.78 bits per heavy atom. The number of unbranched alkanes of at least 4 members (excludes halogenated alkanes) is 2. The molecular weight excluding hydrogens is 117 g/mol. The fourth-order valence-electron chi connectivity index (χ4n) is 0.648. The van der Waals surface area contributed by atoms with Gasteiger partial charge in [0, 0.05) is 0 Å². The highest BCUT2D eigenvalue weighted by Gasteiger charge is 2.03. The average molecular weight is 131 g/mol. The number of hydrogen-bond donors (Lipinski definition) is 3. The monoisotopic (exact) mass is 131 g/mol. The van der Waals surface area contributed by atoms with Gasteiger partial charge in [-0.1, -0.05) is 12.8 Å². The normalized spacial score (nSPS) is 9.67. The molecular formula is C5H14BNO2. The second kappa shape index (κ2) is 6.07. The van der Waals surface area contributed by atoms with Crippen molar-refractivity contribution >= 4 is 7.12 Å². The maximum atomic E-state index is 8.38. The van der Waals surface area contributed by atoms with Gasteiger partial charge in [-0.25, -0.2) is 0 Å². The van der Waals surface area contributed by atoms with Gasteiger partial charge in [0.15, 0.2) is 0 Å². The molecule has 0 bridgehead atoms. The Hall–Kier alpha value is -0.0551. The highest BCUT2D eigenvalue weighted by atomic mass is 16.4. The molecule has 3 nitrogen and oxygen atoms in total. The summed E-state index contributed by atoms with van der Waals surface area (Å²) in [7, 11) is -1.14. The summed E-state index contributed by atoms with van der Waals surface area (Å²) < 4.78 is 0. The van der Waals surface area contributed by atoms with Crippen molar-refractivity contribution in [2.75, 3.05) is 6.54 Å².